The molecule has 0 spiro atoms. The number of nitrogens with one attached hydrogen (secondary N) is 2. The lowest BCUT2D eigenvalue weighted by atomic mass is 10.3. The van der Waals surface area contributed by atoms with Gasteiger partial charge in [-0.2, -0.15) is 0 Å². The van der Waals surface area contributed by atoms with Crippen LogP contribution in [0.4, 0.5) is 20.4 Å². The molecule has 1 rings (SSSR count). The van der Waals surface area contributed by atoms with Gasteiger partial charge in [0, 0.05) is 19.7 Å². The van der Waals surface area contributed by atoms with Crippen LogP contribution in [0.3, 0.4) is 0 Å². The van der Waals surface area contributed by atoms with E-state index >= 15 is 0 Å². The Morgan fingerprint density at radius 2 is 2.17 bits per heavy atom. The molecular weight excluding hydrogens is 244 g/mol. The normalized spacial score (nSPS) is 10.1. The van der Waals surface area contributed by atoms with Crippen LogP contribution >= 0.6 is 0 Å². The lowest BCUT2D eigenvalue weighted by Gasteiger charge is -2.22. The van der Waals surface area contributed by atoms with Crippen LogP contribution in [0.25, 0.3) is 0 Å². The average molecular weight is 259 g/mol. The summed E-state index contributed by atoms with van der Waals surface area (Å²) in [4.78, 5) is 16.3. The van der Waals surface area contributed by atoms with Gasteiger partial charge in [-0.05, 0) is 6.92 Å². The Morgan fingerprint density at radius 3 is 2.67 bits per heavy atom. The molecule has 1 aromatic rings. The fourth-order valence-corrected chi connectivity index (χ4v) is 1.37. The highest BCUT2D eigenvalue weighted by atomic mass is 19.1. The number of hydrogen-bond acceptors (Lipinski definition) is 5. The van der Waals surface area contributed by atoms with Crippen molar-refractivity contribution >= 4 is 17.5 Å². The molecule has 6 nitrogen and oxygen atoms in total. The summed E-state index contributed by atoms with van der Waals surface area (Å²) in [5, 5.41) is 2.41. The van der Waals surface area contributed by atoms with Crippen LogP contribution in [0, 0.1) is 11.6 Å². The molecule has 0 radical (unpaired) electrons. The number of hydrazine groups is 1. The summed E-state index contributed by atoms with van der Waals surface area (Å²) in [6.45, 7) is 1.99. The van der Waals surface area contributed by atoms with Crippen molar-refractivity contribution in [2.24, 2.45) is 5.84 Å². The van der Waals surface area contributed by atoms with E-state index in [1.165, 1.54) is 11.9 Å². The van der Waals surface area contributed by atoms with Crippen LogP contribution in [0.1, 0.15) is 6.92 Å². The number of rotatable bonds is 5. The van der Waals surface area contributed by atoms with Crippen LogP contribution in [0.5, 0.6) is 0 Å². The average Bonchev–Trinajstić information content (AvgIpc) is 2.36. The highest BCUT2D eigenvalue weighted by Gasteiger charge is 2.18. The molecule has 18 heavy (non-hydrogen) atoms. The number of carbonyl (C=O) groups is 1. The number of carbonyl (C=O) groups excluding carboxylic acids is 1. The van der Waals surface area contributed by atoms with Gasteiger partial charge in [-0.25, -0.2) is 19.6 Å². The molecule has 0 fully saturated rings. The molecular formula is C10H15F2N5O. The lowest BCUT2D eigenvalue weighted by molar-refractivity contribution is -0.119. The van der Waals surface area contributed by atoms with E-state index in [-0.39, 0.29) is 24.1 Å². The highest BCUT2D eigenvalue weighted by Crippen LogP contribution is 2.21. The number of hydrogen-bond donors (Lipinski definition) is 3. The molecule has 100 valence electrons. The van der Waals surface area contributed by atoms with Crippen molar-refractivity contribution in [1.29, 1.82) is 0 Å². The van der Waals surface area contributed by atoms with Gasteiger partial charge >= 0.3 is 0 Å². The maximum absolute atomic E-state index is 13.6. The number of nitrogens with two attached hydrogens (primary N) is 1. The number of aromatic nitrogens is 1. The molecule has 0 aromatic carbocycles. The van der Waals surface area contributed by atoms with Gasteiger partial charge in [-0.15, -0.1) is 0 Å². The summed E-state index contributed by atoms with van der Waals surface area (Å²) in [7, 11) is 1.47. The SMILES string of the molecule is CCN(CC(=O)NC)c1nc(NN)c(F)cc1F. The fourth-order valence-electron chi connectivity index (χ4n) is 1.37. The van der Waals surface area contributed by atoms with E-state index in [4.69, 9.17) is 5.84 Å². The Labute approximate surface area is 103 Å². The number of anilines is 2. The summed E-state index contributed by atoms with van der Waals surface area (Å²) in [6.07, 6.45) is 0. The molecule has 0 aliphatic carbocycles. The number of nitrogen functional groups attached to an aromatic ring is 1. The van der Waals surface area contributed by atoms with Gasteiger partial charge in [-0.3, -0.25) is 4.79 Å². The summed E-state index contributed by atoms with van der Waals surface area (Å²) in [5.74, 6) is 2.62. The molecule has 0 bridgehead atoms. The van der Waals surface area contributed by atoms with Crippen molar-refractivity contribution in [2.75, 3.05) is 30.5 Å². The number of halogens is 2. The molecule has 0 saturated carbocycles. The van der Waals surface area contributed by atoms with Gasteiger partial charge in [0.15, 0.2) is 23.3 Å². The summed E-state index contributed by atoms with van der Waals surface area (Å²) < 4.78 is 26.8. The van der Waals surface area contributed by atoms with Gasteiger partial charge in [0.05, 0.1) is 6.54 Å². The van der Waals surface area contributed by atoms with E-state index in [0.717, 1.165) is 0 Å². The first-order valence-corrected chi connectivity index (χ1v) is 5.31. The number of amides is 1. The van der Waals surface area contributed by atoms with Crippen LogP contribution in [-0.2, 0) is 4.79 Å². The van der Waals surface area contributed by atoms with E-state index in [2.05, 4.69) is 10.3 Å². The van der Waals surface area contributed by atoms with Crippen molar-refractivity contribution in [1.82, 2.24) is 10.3 Å². The van der Waals surface area contributed by atoms with Crippen molar-refractivity contribution < 1.29 is 13.6 Å². The molecule has 0 atom stereocenters. The first-order chi connectivity index (χ1) is 8.53. The van der Waals surface area contributed by atoms with Crippen molar-refractivity contribution in [3.05, 3.63) is 17.7 Å². The third-order valence-corrected chi connectivity index (χ3v) is 2.34. The van der Waals surface area contributed by atoms with Crippen LogP contribution in [0.2, 0.25) is 0 Å². The van der Waals surface area contributed by atoms with Gasteiger partial charge in [0.25, 0.3) is 0 Å². The zero-order valence-corrected chi connectivity index (χ0v) is 10.1. The minimum absolute atomic E-state index is 0.0768. The second-order valence-electron chi connectivity index (χ2n) is 3.46. The molecule has 1 aromatic heterocycles. The van der Waals surface area contributed by atoms with E-state index in [1.54, 1.807) is 6.92 Å². The largest absolute Gasteiger partial charge is 0.358 e. The molecule has 0 saturated heterocycles. The molecule has 8 heteroatoms. The van der Waals surface area contributed by atoms with E-state index in [1.807, 2.05) is 5.43 Å². The second-order valence-corrected chi connectivity index (χ2v) is 3.46. The molecule has 0 aliphatic rings. The Balaban J connectivity index is 3.08. The predicted molar refractivity (Wildman–Crippen MR) is 63.9 cm³/mol. The maximum atomic E-state index is 13.6. The van der Waals surface area contributed by atoms with E-state index in [0.29, 0.717) is 12.6 Å². The predicted octanol–water partition coefficient (Wildman–Crippen LogP) is 0.218. The molecule has 0 unspecified atom stereocenters. The monoisotopic (exact) mass is 259 g/mol. The Hall–Kier alpha value is -1.96. The Kier molecular flexibility index (Phi) is 4.78. The van der Waals surface area contributed by atoms with Crippen LogP contribution < -0.4 is 21.5 Å². The minimum atomic E-state index is -0.894. The third kappa shape index (κ3) is 3.04. The summed E-state index contributed by atoms with van der Waals surface area (Å²) >= 11 is 0. The van der Waals surface area contributed by atoms with Gasteiger partial charge in [-0.1, -0.05) is 0 Å². The number of nitrogens with zero attached hydrogens (tertiary/aromatic N) is 2. The number of likely N-dealkylation sites (N-methyl/N-ethyl adjacent to an activating group) is 2. The Morgan fingerprint density at radius 1 is 1.50 bits per heavy atom. The smallest absolute Gasteiger partial charge is 0.239 e. The lowest BCUT2D eigenvalue weighted by Crippen LogP contribution is -2.36. The second kappa shape index (κ2) is 6.10. The van der Waals surface area contributed by atoms with Crippen LogP contribution in [-0.4, -0.2) is 31.0 Å². The van der Waals surface area contributed by atoms with Crippen molar-refractivity contribution in [2.45, 2.75) is 6.92 Å². The number of pyridine rings is 1. The van der Waals surface area contributed by atoms with E-state index < -0.39 is 11.6 Å². The first kappa shape index (κ1) is 14.1. The minimum Gasteiger partial charge on any atom is -0.358 e. The summed E-state index contributed by atoms with van der Waals surface area (Å²) in [5.41, 5.74) is 2.03. The molecule has 1 heterocycles. The Bertz CT molecular complexity index is 441. The quantitative estimate of drug-likeness (QED) is 0.520. The summed E-state index contributed by atoms with van der Waals surface area (Å²) in [6, 6.07) is 0.671. The van der Waals surface area contributed by atoms with Gasteiger partial charge in [0.2, 0.25) is 5.91 Å². The highest BCUT2D eigenvalue weighted by molar-refractivity contribution is 5.80. The zero-order chi connectivity index (χ0) is 13.7. The van der Waals surface area contributed by atoms with Crippen molar-refractivity contribution in [3.8, 4) is 0 Å². The molecule has 4 N–H and O–H groups in total. The fraction of sp³-hybridized carbons (Fsp3) is 0.400. The van der Waals surface area contributed by atoms with Crippen LogP contribution in [0.15, 0.2) is 6.07 Å². The standard InChI is InChI=1S/C10H15F2N5O/c1-3-17(5-8(18)14-2)10-7(12)4-6(11)9(15-10)16-13/h4H,3,5,13H2,1-2H3,(H,14,18)(H,15,16). The maximum Gasteiger partial charge on any atom is 0.239 e. The van der Waals surface area contributed by atoms with Gasteiger partial charge < -0.3 is 15.6 Å². The zero-order valence-electron chi connectivity index (χ0n) is 10.1. The topological polar surface area (TPSA) is 83.3 Å². The molecule has 1 amide bonds. The van der Waals surface area contributed by atoms with Gasteiger partial charge in [0.1, 0.15) is 0 Å². The van der Waals surface area contributed by atoms with Crippen molar-refractivity contribution in [3.63, 3.8) is 0 Å². The third-order valence-electron chi connectivity index (χ3n) is 2.34. The molecule has 0 aliphatic heterocycles. The van der Waals surface area contributed by atoms with E-state index in [9.17, 15) is 13.6 Å². The first-order valence-electron chi connectivity index (χ1n) is 5.31.